The van der Waals surface area contributed by atoms with E-state index in [0.29, 0.717) is 5.75 Å². The Morgan fingerprint density at radius 1 is 1.28 bits per heavy atom. The maximum atomic E-state index is 12.1. The van der Waals surface area contributed by atoms with E-state index in [-0.39, 0.29) is 5.78 Å². The molecule has 0 amide bonds. The van der Waals surface area contributed by atoms with Gasteiger partial charge in [-0.25, -0.2) is 4.98 Å². The molecule has 1 aromatic heterocycles. The molecule has 0 saturated heterocycles. The molecule has 0 unspecified atom stereocenters. The highest BCUT2D eigenvalue weighted by Crippen LogP contribution is 2.18. The van der Waals surface area contributed by atoms with Gasteiger partial charge in [0, 0.05) is 18.0 Å². The second-order valence-corrected chi connectivity index (χ2v) is 5.07. The van der Waals surface area contributed by atoms with Gasteiger partial charge < -0.3 is 0 Å². The molecule has 0 atom stereocenters. The summed E-state index contributed by atoms with van der Waals surface area (Å²) in [5, 5.41) is 0.774. The number of carbonyl (C=O) groups is 1. The van der Waals surface area contributed by atoms with Crippen molar-refractivity contribution in [3.8, 4) is 0 Å². The molecule has 0 bridgehead atoms. The third-order valence-electron chi connectivity index (χ3n) is 2.58. The molecule has 0 spiro atoms. The number of nitrogens with zero attached hydrogens (tertiary/aromatic N) is 2. The Morgan fingerprint density at radius 3 is 2.83 bits per heavy atom. The van der Waals surface area contributed by atoms with Crippen molar-refractivity contribution in [3.05, 3.63) is 53.5 Å². The summed E-state index contributed by atoms with van der Waals surface area (Å²) in [4.78, 5) is 20.2. The van der Waals surface area contributed by atoms with Gasteiger partial charge in [-0.05, 0) is 25.5 Å². The molecule has 0 fully saturated rings. The summed E-state index contributed by atoms with van der Waals surface area (Å²) < 4.78 is 0. The average Bonchev–Trinajstić information content (AvgIpc) is 2.40. The number of hydrogen-bond donors (Lipinski definition) is 0. The summed E-state index contributed by atoms with van der Waals surface area (Å²) in [6.07, 6.45) is 4.92. The van der Waals surface area contributed by atoms with Crippen molar-refractivity contribution in [1.29, 1.82) is 0 Å². The Labute approximate surface area is 111 Å². The first-order chi connectivity index (χ1) is 8.66. The minimum atomic E-state index is 0.131. The summed E-state index contributed by atoms with van der Waals surface area (Å²) in [5.41, 5.74) is 2.92. The van der Waals surface area contributed by atoms with Crippen LogP contribution in [0.2, 0.25) is 0 Å². The zero-order chi connectivity index (χ0) is 13.0. The number of ketones is 1. The zero-order valence-corrected chi connectivity index (χ0v) is 11.2. The summed E-state index contributed by atoms with van der Waals surface area (Å²) >= 11 is 1.41. The van der Waals surface area contributed by atoms with E-state index in [1.807, 2.05) is 32.0 Å². The van der Waals surface area contributed by atoms with Crippen molar-refractivity contribution in [1.82, 2.24) is 9.97 Å². The number of benzene rings is 1. The molecule has 1 aromatic carbocycles. The maximum absolute atomic E-state index is 12.1. The topological polar surface area (TPSA) is 42.9 Å². The second-order valence-electron chi connectivity index (χ2n) is 4.07. The molecule has 0 aliphatic rings. The van der Waals surface area contributed by atoms with E-state index in [9.17, 15) is 4.79 Å². The van der Waals surface area contributed by atoms with Crippen LogP contribution in [0, 0.1) is 13.8 Å². The third kappa shape index (κ3) is 3.17. The van der Waals surface area contributed by atoms with Crippen LogP contribution >= 0.6 is 11.8 Å². The van der Waals surface area contributed by atoms with Gasteiger partial charge >= 0.3 is 0 Å². The zero-order valence-electron chi connectivity index (χ0n) is 10.4. The summed E-state index contributed by atoms with van der Waals surface area (Å²) in [7, 11) is 0. The Bertz CT molecular complexity index is 555. The highest BCUT2D eigenvalue weighted by Gasteiger charge is 2.10. The lowest BCUT2D eigenvalue weighted by Gasteiger charge is -2.05. The number of aromatic nitrogens is 2. The van der Waals surface area contributed by atoms with E-state index in [1.165, 1.54) is 11.8 Å². The number of thioether (sulfide) groups is 1. The average molecular weight is 258 g/mol. The van der Waals surface area contributed by atoms with Crippen molar-refractivity contribution in [2.24, 2.45) is 0 Å². The minimum absolute atomic E-state index is 0.131. The smallest absolute Gasteiger partial charge is 0.173 e. The van der Waals surface area contributed by atoms with Crippen molar-refractivity contribution in [3.63, 3.8) is 0 Å². The fraction of sp³-hybridized carbons (Fsp3) is 0.214. The molecule has 0 N–H and O–H groups in total. The van der Waals surface area contributed by atoms with Crippen LogP contribution in [0.1, 0.15) is 21.5 Å². The van der Waals surface area contributed by atoms with Crippen molar-refractivity contribution in [2.45, 2.75) is 18.9 Å². The lowest BCUT2D eigenvalue weighted by atomic mass is 10.0. The fourth-order valence-electron chi connectivity index (χ4n) is 1.61. The summed E-state index contributed by atoms with van der Waals surface area (Å²) in [5.74, 6) is 0.523. The third-order valence-corrected chi connectivity index (χ3v) is 3.50. The van der Waals surface area contributed by atoms with Gasteiger partial charge in [-0.15, -0.1) is 0 Å². The van der Waals surface area contributed by atoms with Crippen LogP contribution in [0.25, 0.3) is 0 Å². The Hall–Kier alpha value is -1.68. The van der Waals surface area contributed by atoms with Crippen LogP contribution in [-0.4, -0.2) is 21.5 Å². The van der Waals surface area contributed by atoms with Crippen LogP contribution in [-0.2, 0) is 0 Å². The van der Waals surface area contributed by atoms with E-state index in [1.54, 1.807) is 18.6 Å². The molecule has 18 heavy (non-hydrogen) atoms. The predicted molar refractivity (Wildman–Crippen MR) is 73.0 cm³/mol. The molecule has 3 nitrogen and oxygen atoms in total. The summed E-state index contributed by atoms with van der Waals surface area (Å²) in [6, 6.07) is 5.94. The number of Topliss-reactive ketones (excluding diaryl/α,β-unsaturated/α-hetero) is 1. The van der Waals surface area contributed by atoms with Crippen LogP contribution < -0.4 is 0 Å². The number of hydrogen-bond acceptors (Lipinski definition) is 4. The molecule has 0 aliphatic heterocycles. The normalized spacial score (nSPS) is 10.3. The van der Waals surface area contributed by atoms with E-state index < -0.39 is 0 Å². The molecule has 1 heterocycles. The molecular weight excluding hydrogens is 244 g/mol. The van der Waals surface area contributed by atoms with Gasteiger partial charge in [-0.1, -0.05) is 29.5 Å². The van der Waals surface area contributed by atoms with Crippen molar-refractivity contribution in [2.75, 3.05) is 5.75 Å². The Balaban J connectivity index is 2.06. The molecule has 2 rings (SSSR count). The Kier molecular flexibility index (Phi) is 4.10. The maximum Gasteiger partial charge on any atom is 0.173 e. The number of carbonyl (C=O) groups excluding carboxylic acids is 1. The first-order valence-corrected chi connectivity index (χ1v) is 6.64. The highest BCUT2D eigenvalue weighted by atomic mass is 32.2. The molecule has 4 heteroatoms. The number of aryl methyl sites for hydroxylation is 2. The monoisotopic (exact) mass is 258 g/mol. The molecule has 92 valence electrons. The van der Waals surface area contributed by atoms with E-state index in [0.717, 1.165) is 21.7 Å². The van der Waals surface area contributed by atoms with Gasteiger partial charge in [0.2, 0.25) is 0 Å². The largest absolute Gasteiger partial charge is 0.293 e. The van der Waals surface area contributed by atoms with Gasteiger partial charge in [0.15, 0.2) is 5.78 Å². The molecule has 0 radical (unpaired) electrons. The van der Waals surface area contributed by atoms with E-state index >= 15 is 0 Å². The van der Waals surface area contributed by atoms with Crippen LogP contribution in [0.3, 0.4) is 0 Å². The fourth-order valence-corrected chi connectivity index (χ4v) is 2.32. The molecular formula is C14H14N2OS. The van der Waals surface area contributed by atoms with Crippen molar-refractivity contribution >= 4 is 17.5 Å². The Morgan fingerprint density at radius 2 is 2.11 bits per heavy atom. The molecule has 0 aliphatic carbocycles. The van der Waals surface area contributed by atoms with Crippen LogP contribution in [0.4, 0.5) is 0 Å². The molecule has 0 saturated carbocycles. The van der Waals surface area contributed by atoms with Crippen molar-refractivity contribution < 1.29 is 4.79 Å². The first-order valence-electron chi connectivity index (χ1n) is 5.66. The van der Waals surface area contributed by atoms with Gasteiger partial charge in [0.05, 0.1) is 11.9 Å². The number of rotatable bonds is 4. The first kappa shape index (κ1) is 12.8. The molecule has 2 aromatic rings. The quantitative estimate of drug-likeness (QED) is 0.624. The second kappa shape index (κ2) is 5.78. The highest BCUT2D eigenvalue weighted by molar-refractivity contribution is 7.99. The van der Waals surface area contributed by atoms with E-state index in [2.05, 4.69) is 9.97 Å². The lowest BCUT2D eigenvalue weighted by Crippen LogP contribution is -2.05. The van der Waals surface area contributed by atoms with Gasteiger partial charge in [0.25, 0.3) is 0 Å². The van der Waals surface area contributed by atoms with Gasteiger partial charge in [-0.3, -0.25) is 9.78 Å². The van der Waals surface area contributed by atoms with Gasteiger partial charge in [-0.2, -0.15) is 0 Å². The van der Waals surface area contributed by atoms with E-state index in [4.69, 9.17) is 0 Å². The summed E-state index contributed by atoms with van der Waals surface area (Å²) in [6.45, 7) is 3.95. The van der Waals surface area contributed by atoms with Gasteiger partial charge in [0.1, 0.15) is 5.03 Å². The van der Waals surface area contributed by atoms with Crippen LogP contribution in [0.5, 0.6) is 0 Å². The minimum Gasteiger partial charge on any atom is -0.293 e. The SMILES string of the molecule is Cc1ccc(C)c(C(=O)CSc2cnccn2)c1. The van der Waals surface area contributed by atoms with Crippen LogP contribution in [0.15, 0.2) is 41.8 Å². The lowest BCUT2D eigenvalue weighted by molar-refractivity contribution is 0.102. The predicted octanol–water partition coefficient (Wildman–Crippen LogP) is 3.07. The standard InChI is InChI=1S/C14H14N2OS/c1-10-3-4-11(2)12(7-10)13(17)9-18-14-8-15-5-6-16-14/h3-8H,9H2,1-2H3.